The number of anilines is 1. The van der Waals surface area contributed by atoms with Crippen molar-refractivity contribution in [1.29, 1.82) is 0 Å². The van der Waals surface area contributed by atoms with Gasteiger partial charge in [0.05, 0.1) is 33.4 Å². The first kappa shape index (κ1) is 23.3. The van der Waals surface area contributed by atoms with Crippen LogP contribution >= 0.6 is 46.1 Å². The van der Waals surface area contributed by atoms with Gasteiger partial charge >= 0.3 is 0 Å². The lowest BCUT2D eigenvalue weighted by atomic mass is 10.1. The van der Waals surface area contributed by atoms with E-state index in [1.54, 1.807) is 42.7 Å². The summed E-state index contributed by atoms with van der Waals surface area (Å²) in [6.45, 7) is 5.33. The average Bonchev–Trinajstić information content (AvgIpc) is 3.09. The number of nitrogens with zero attached hydrogens (tertiary/aromatic N) is 2. The summed E-state index contributed by atoms with van der Waals surface area (Å²) < 4.78 is 19.0. The maximum Gasteiger partial charge on any atom is 0.186 e. The Kier molecular flexibility index (Phi) is 7.99. The highest BCUT2D eigenvalue weighted by atomic mass is 35.5. The summed E-state index contributed by atoms with van der Waals surface area (Å²) in [5, 5.41) is 2.18. The summed E-state index contributed by atoms with van der Waals surface area (Å²) in [5.74, 6) is -0.265. The molecule has 30 heavy (non-hydrogen) atoms. The van der Waals surface area contributed by atoms with Gasteiger partial charge in [-0.05, 0) is 43.2 Å². The monoisotopic (exact) mass is 486 g/mol. The predicted molar refractivity (Wildman–Crippen MR) is 126 cm³/mol. The number of hydrogen-bond donors (Lipinski definition) is 0. The Morgan fingerprint density at radius 3 is 2.40 bits per heavy atom. The molecule has 0 saturated heterocycles. The number of ether oxygens (including phenoxy) is 1. The van der Waals surface area contributed by atoms with E-state index in [-0.39, 0.29) is 11.9 Å². The van der Waals surface area contributed by atoms with E-state index in [1.165, 1.54) is 12.1 Å². The van der Waals surface area contributed by atoms with Crippen molar-refractivity contribution < 1.29 is 9.13 Å². The van der Waals surface area contributed by atoms with Gasteiger partial charge in [-0.15, -0.1) is 11.3 Å². The molecule has 0 aliphatic rings. The smallest absolute Gasteiger partial charge is 0.186 e. The second-order valence-corrected chi connectivity index (χ2v) is 9.27. The molecule has 160 valence electrons. The zero-order valence-corrected chi connectivity index (χ0v) is 20.0. The van der Waals surface area contributed by atoms with Crippen molar-refractivity contribution in [3.05, 3.63) is 67.7 Å². The van der Waals surface area contributed by atoms with E-state index in [9.17, 15) is 4.39 Å². The molecule has 1 heterocycles. The topological polar surface area (TPSA) is 25.4 Å². The fourth-order valence-corrected chi connectivity index (χ4v) is 4.93. The Morgan fingerprint density at radius 1 is 1.10 bits per heavy atom. The Hall–Kier alpha value is -1.37. The van der Waals surface area contributed by atoms with Crippen LogP contribution in [-0.4, -0.2) is 25.2 Å². The molecule has 2 aromatic carbocycles. The van der Waals surface area contributed by atoms with E-state index in [0.717, 1.165) is 39.8 Å². The van der Waals surface area contributed by atoms with Crippen LogP contribution in [0.15, 0.2) is 36.4 Å². The van der Waals surface area contributed by atoms with E-state index >= 15 is 0 Å². The standard InChI is InChI=1S/C22H22Cl3FN2OS/c1-4-9-28(20(12-29-3)14-5-7-15(26)8-6-14)22-27-21(13(2)30-22)16-10-18(24)19(25)11-17(16)23/h5-8,10-11,20H,4,9,12H2,1-3H3. The highest BCUT2D eigenvalue weighted by molar-refractivity contribution is 7.16. The lowest BCUT2D eigenvalue weighted by Crippen LogP contribution is -2.32. The Bertz CT molecular complexity index is 1010. The van der Waals surface area contributed by atoms with Gasteiger partial charge in [0.1, 0.15) is 5.82 Å². The number of thiazole rings is 1. The molecule has 1 atom stereocenters. The number of halogens is 4. The van der Waals surface area contributed by atoms with E-state index < -0.39 is 0 Å². The molecule has 0 saturated carbocycles. The molecule has 0 aliphatic heterocycles. The molecule has 3 rings (SSSR count). The molecule has 0 amide bonds. The fourth-order valence-electron chi connectivity index (χ4n) is 3.29. The van der Waals surface area contributed by atoms with Crippen LogP contribution in [0, 0.1) is 12.7 Å². The van der Waals surface area contributed by atoms with Crippen molar-refractivity contribution in [2.75, 3.05) is 25.2 Å². The zero-order chi connectivity index (χ0) is 21.8. The first-order valence-corrected chi connectivity index (χ1v) is 11.4. The molecule has 3 nitrogen and oxygen atoms in total. The molecule has 8 heteroatoms. The summed E-state index contributed by atoms with van der Waals surface area (Å²) in [5.41, 5.74) is 2.48. The minimum atomic E-state index is -0.265. The van der Waals surface area contributed by atoms with Gasteiger partial charge in [-0.1, -0.05) is 53.9 Å². The molecule has 1 unspecified atom stereocenters. The predicted octanol–water partition coefficient (Wildman–Crippen LogP) is 7.82. The van der Waals surface area contributed by atoms with Crippen molar-refractivity contribution in [1.82, 2.24) is 4.98 Å². The summed E-state index contributed by atoms with van der Waals surface area (Å²) >= 11 is 20.3. The summed E-state index contributed by atoms with van der Waals surface area (Å²) in [4.78, 5) is 8.12. The Balaban J connectivity index is 2.05. The molecule has 0 radical (unpaired) electrons. The van der Waals surface area contributed by atoms with Crippen LogP contribution in [0.25, 0.3) is 11.3 Å². The van der Waals surface area contributed by atoms with Crippen LogP contribution in [0.3, 0.4) is 0 Å². The first-order chi connectivity index (χ1) is 14.3. The second-order valence-electron chi connectivity index (χ2n) is 6.86. The van der Waals surface area contributed by atoms with Crippen molar-refractivity contribution in [3.63, 3.8) is 0 Å². The number of hydrogen-bond acceptors (Lipinski definition) is 4. The van der Waals surface area contributed by atoms with E-state index in [4.69, 9.17) is 44.5 Å². The molecule has 0 spiro atoms. The third-order valence-corrected chi connectivity index (χ3v) is 6.76. The van der Waals surface area contributed by atoms with Gasteiger partial charge in [0.15, 0.2) is 5.13 Å². The van der Waals surface area contributed by atoms with Crippen molar-refractivity contribution in [2.45, 2.75) is 26.3 Å². The van der Waals surface area contributed by atoms with Gasteiger partial charge in [0, 0.05) is 24.1 Å². The highest BCUT2D eigenvalue weighted by Gasteiger charge is 2.25. The number of methoxy groups -OCH3 is 1. The maximum atomic E-state index is 13.5. The van der Waals surface area contributed by atoms with Gasteiger partial charge in [0.2, 0.25) is 0 Å². The van der Waals surface area contributed by atoms with Crippen molar-refractivity contribution in [3.8, 4) is 11.3 Å². The molecular formula is C22H22Cl3FN2OS. The molecular weight excluding hydrogens is 466 g/mol. The van der Waals surface area contributed by atoms with Gasteiger partial charge in [-0.25, -0.2) is 9.37 Å². The zero-order valence-electron chi connectivity index (χ0n) is 16.9. The molecule has 0 N–H and O–H groups in total. The molecule has 0 aliphatic carbocycles. The van der Waals surface area contributed by atoms with Gasteiger partial charge in [-0.2, -0.15) is 0 Å². The SMILES string of the molecule is CCCN(c1nc(-c2cc(Cl)c(Cl)cc2Cl)c(C)s1)C(COC)c1ccc(F)cc1. The summed E-state index contributed by atoms with van der Waals surface area (Å²) in [6.07, 6.45) is 0.920. The van der Waals surface area contributed by atoms with Crippen LogP contribution < -0.4 is 4.90 Å². The van der Waals surface area contributed by atoms with Crippen molar-refractivity contribution >= 4 is 51.3 Å². The maximum absolute atomic E-state index is 13.5. The quantitative estimate of drug-likeness (QED) is 0.303. The lowest BCUT2D eigenvalue weighted by Gasteiger charge is -2.31. The normalized spacial score (nSPS) is 12.2. The summed E-state index contributed by atoms with van der Waals surface area (Å²) in [6, 6.07) is 9.80. The third-order valence-electron chi connectivity index (χ3n) is 4.72. The first-order valence-electron chi connectivity index (χ1n) is 9.49. The Labute approximate surface area is 195 Å². The van der Waals surface area contributed by atoms with E-state index in [1.807, 2.05) is 6.92 Å². The fraction of sp³-hybridized carbons (Fsp3) is 0.318. The minimum Gasteiger partial charge on any atom is -0.382 e. The third kappa shape index (κ3) is 5.09. The lowest BCUT2D eigenvalue weighted by molar-refractivity contribution is 0.177. The summed E-state index contributed by atoms with van der Waals surface area (Å²) in [7, 11) is 1.66. The minimum absolute atomic E-state index is 0.0989. The van der Waals surface area contributed by atoms with Gasteiger partial charge in [0.25, 0.3) is 0 Å². The molecule has 0 bridgehead atoms. The van der Waals surface area contributed by atoms with Crippen LogP contribution in [0.1, 0.15) is 29.8 Å². The Morgan fingerprint density at radius 2 is 1.77 bits per heavy atom. The largest absolute Gasteiger partial charge is 0.382 e. The average molecular weight is 488 g/mol. The van der Waals surface area contributed by atoms with Crippen molar-refractivity contribution in [2.24, 2.45) is 0 Å². The van der Waals surface area contributed by atoms with E-state index in [2.05, 4.69) is 11.8 Å². The van der Waals surface area contributed by atoms with Crippen LogP contribution in [-0.2, 0) is 4.74 Å². The van der Waals surface area contributed by atoms with Crippen LogP contribution in [0.5, 0.6) is 0 Å². The second kappa shape index (κ2) is 10.3. The van der Waals surface area contributed by atoms with Gasteiger partial charge in [-0.3, -0.25) is 0 Å². The molecule has 0 fully saturated rings. The number of rotatable bonds is 8. The highest BCUT2D eigenvalue weighted by Crippen LogP contribution is 2.41. The van der Waals surface area contributed by atoms with Crippen LogP contribution in [0.4, 0.5) is 9.52 Å². The van der Waals surface area contributed by atoms with E-state index in [0.29, 0.717) is 21.7 Å². The van der Waals surface area contributed by atoms with Gasteiger partial charge < -0.3 is 9.64 Å². The molecule has 1 aromatic heterocycles. The number of aryl methyl sites for hydroxylation is 1. The number of benzene rings is 2. The number of aromatic nitrogens is 1. The van der Waals surface area contributed by atoms with Crippen LogP contribution in [0.2, 0.25) is 15.1 Å². The molecule has 3 aromatic rings.